The summed E-state index contributed by atoms with van der Waals surface area (Å²) in [6, 6.07) is 2.00. The van der Waals surface area contributed by atoms with E-state index in [-0.39, 0.29) is 0 Å². The lowest BCUT2D eigenvalue weighted by atomic mass is 9.93. The second-order valence-electron chi connectivity index (χ2n) is 3.14. The molecule has 0 radical (unpaired) electrons. The van der Waals surface area contributed by atoms with Gasteiger partial charge in [0.1, 0.15) is 5.66 Å². The monoisotopic (exact) mass is 155 g/mol. The molecule has 64 valence electrons. The van der Waals surface area contributed by atoms with Gasteiger partial charge in [0.2, 0.25) is 0 Å². The highest BCUT2D eigenvalue weighted by Gasteiger charge is 2.24. The molecule has 0 bridgehead atoms. The summed E-state index contributed by atoms with van der Waals surface area (Å²) in [5, 5.41) is 6.69. The number of rotatable bonds is 4. The van der Waals surface area contributed by atoms with Gasteiger partial charge in [0.25, 0.3) is 0 Å². The van der Waals surface area contributed by atoms with Crippen LogP contribution in [0.15, 0.2) is 4.99 Å². The highest BCUT2D eigenvalue weighted by atomic mass is 15.0. The minimum atomic E-state index is -0.613. The molecule has 0 aromatic rings. The molecule has 0 rings (SSSR count). The van der Waals surface area contributed by atoms with Crippen molar-refractivity contribution in [3.63, 3.8) is 0 Å². The Bertz CT molecular complexity index is 157. The number of hydrogen-bond donors (Lipinski definition) is 2. The van der Waals surface area contributed by atoms with Gasteiger partial charge in [0, 0.05) is 0 Å². The van der Waals surface area contributed by atoms with Crippen LogP contribution >= 0.6 is 0 Å². The number of nitrogens with one attached hydrogen (secondary N) is 1. The molecular formula is C8H17N3. The molecule has 0 amide bonds. The Labute approximate surface area is 68.2 Å². The van der Waals surface area contributed by atoms with Crippen LogP contribution in [0.2, 0.25) is 0 Å². The molecule has 0 aliphatic heterocycles. The van der Waals surface area contributed by atoms with E-state index in [1.807, 2.05) is 19.9 Å². The van der Waals surface area contributed by atoms with Crippen LogP contribution in [0.25, 0.3) is 0 Å². The maximum Gasteiger partial charge on any atom is 0.118 e. The average Bonchev–Trinajstić information content (AvgIpc) is 1.88. The Morgan fingerprint density at radius 3 is 2.64 bits per heavy atom. The summed E-state index contributed by atoms with van der Waals surface area (Å²) in [6.45, 7) is 5.99. The van der Waals surface area contributed by atoms with Crippen molar-refractivity contribution in [3.8, 4) is 0 Å². The van der Waals surface area contributed by atoms with Crippen molar-refractivity contribution in [3.05, 3.63) is 0 Å². The molecule has 2 atom stereocenters. The predicted octanol–water partition coefficient (Wildman–Crippen LogP) is 1.85. The van der Waals surface area contributed by atoms with Gasteiger partial charge in [-0.1, -0.05) is 20.3 Å². The zero-order valence-corrected chi connectivity index (χ0v) is 7.52. The molecule has 0 aliphatic rings. The highest BCUT2D eigenvalue weighted by molar-refractivity contribution is 5.37. The Hall–Kier alpha value is -0.660. The minimum absolute atomic E-state index is 0.311. The van der Waals surface area contributed by atoms with E-state index in [1.165, 1.54) is 0 Å². The van der Waals surface area contributed by atoms with Crippen LogP contribution in [-0.2, 0) is 0 Å². The van der Waals surface area contributed by atoms with Gasteiger partial charge in [-0.2, -0.15) is 0 Å². The maximum absolute atomic E-state index is 6.69. The van der Waals surface area contributed by atoms with Crippen molar-refractivity contribution in [1.82, 2.24) is 0 Å². The molecule has 0 aromatic heterocycles. The normalized spacial score (nSPS) is 18.2. The Kier molecular flexibility index (Phi) is 4.01. The first kappa shape index (κ1) is 10.3. The van der Waals surface area contributed by atoms with Crippen LogP contribution < -0.4 is 5.73 Å². The van der Waals surface area contributed by atoms with E-state index < -0.39 is 5.66 Å². The fourth-order valence-corrected chi connectivity index (χ4v) is 0.956. The van der Waals surface area contributed by atoms with Crippen LogP contribution in [0, 0.1) is 11.3 Å². The molecule has 2 unspecified atom stereocenters. The topological polar surface area (TPSA) is 62.2 Å². The minimum Gasteiger partial charge on any atom is -0.306 e. The lowest BCUT2D eigenvalue weighted by Gasteiger charge is -2.25. The van der Waals surface area contributed by atoms with E-state index in [4.69, 9.17) is 11.1 Å². The molecule has 0 saturated carbocycles. The van der Waals surface area contributed by atoms with Crippen LogP contribution in [0.4, 0.5) is 0 Å². The largest absolute Gasteiger partial charge is 0.306 e. The molecule has 3 nitrogen and oxygen atoms in total. The first-order chi connectivity index (χ1) is 5.04. The second kappa shape index (κ2) is 4.27. The second-order valence-corrected chi connectivity index (χ2v) is 3.14. The smallest absolute Gasteiger partial charge is 0.118 e. The third kappa shape index (κ3) is 3.30. The van der Waals surface area contributed by atoms with E-state index in [1.54, 1.807) is 0 Å². The molecule has 11 heavy (non-hydrogen) atoms. The molecule has 0 spiro atoms. The average molecular weight is 155 g/mol. The summed E-state index contributed by atoms with van der Waals surface area (Å²) in [6.07, 6.45) is 2.14. The fourth-order valence-electron chi connectivity index (χ4n) is 0.956. The lowest BCUT2D eigenvalue weighted by Crippen LogP contribution is -2.40. The Balaban J connectivity index is 4.15. The Morgan fingerprint density at radius 1 is 1.73 bits per heavy atom. The summed E-state index contributed by atoms with van der Waals surface area (Å²) >= 11 is 0. The van der Waals surface area contributed by atoms with Gasteiger partial charge in [-0.3, -0.25) is 0 Å². The zero-order valence-electron chi connectivity index (χ0n) is 7.52. The van der Waals surface area contributed by atoms with Gasteiger partial charge >= 0.3 is 0 Å². The molecule has 0 heterocycles. The SMILES string of the molecule is CCCC(C)C(C)(N)N=C=N. The summed E-state index contributed by atoms with van der Waals surface area (Å²) in [7, 11) is 0. The van der Waals surface area contributed by atoms with Gasteiger partial charge in [-0.15, -0.1) is 0 Å². The van der Waals surface area contributed by atoms with Gasteiger partial charge in [-0.25, -0.2) is 10.4 Å². The van der Waals surface area contributed by atoms with Crippen LogP contribution in [0.1, 0.15) is 33.6 Å². The van der Waals surface area contributed by atoms with Crippen LogP contribution in [-0.4, -0.2) is 11.7 Å². The zero-order chi connectivity index (χ0) is 8.91. The van der Waals surface area contributed by atoms with Crippen molar-refractivity contribution >= 4 is 6.01 Å². The van der Waals surface area contributed by atoms with Crippen molar-refractivity contribution in [1.29, 1.82) is 5.41 Å². The van der Waals surface area contributed by atoms with E-state index in [0.29, 0.717) is 5.92 Å². The van der Waals surface area contributed by atoms with Gasteiger partial charge in [0.15, 0.2) is 0 Å². The summed E-state index contributed by atoms with van der Waals surface area (Å²) in [5.41, 5.74) is 5.19. The fraction of sp³-hybridized carbons (Fsp3) is 0.875. The quantitative estimate of drug-likeness (QED) is 0.598. The van der Waals surface area contributed by atoms with E-state index in [2.05, 4.69) is 11.9 Å². The van der Waals surface area contributed by atoms with Gasteiger partial charge in [0.05, 0.1) is 6.01 Å². The van der Waals surface area contributed by atoms with E-state index >= 15 is 0 Å². The van der Waals surface area contributed by atoms with Crippen molar-refractivity contribution in [2.45, 2.75) is 39.3 Å². The van der Waals surface area contributed by atoms with Crippen molar-refractivity contribution in [2.24, 2.45) is 16.6 Å². The van der Waals surface area contributed by atoms with E-state index in [0.717, 1.165) is 12.8 Å². The standard InChI is InChI=1S/C8H17N3/c1-4-5-7(2)8(3,10)11-6-9/h7,9H,4-5,10H2,1-3H3. The van der Waals surface area contributed by atoms with Crippen molar-refractivity contribution in [2.75, 3.05) is 0 Å². The third-order valence-corrected chi connectivity index (χ3v) is 2.02. The van der Waals surface area contributed by atoms with Crippen LogP contribution in [0.3, 0.4) is 0 Å². The van der Waals surface area contributed by atoms with Gasteiger partial charge in [-0.05, 0) is 19.3 Å². The molecule has 0 aromatic carbocycles. The Morgan fingerprint density at radius 2 is 2.27 bits per heavy atom. The number of aliphatic imine (C=N–C) groups is 1. The number of nitrogens with zero attached hydrogens (tertiary/aromatic N) is 1. The first-order valence-corrected chi connectivity index (χ1v) is 3.97. The lowest BCUT2D eigenvalue weighted by molar-refractivity contribution is 0.311. The van der Waals surface area contributed by atoms with Gasteiger partial charge < -0.3 is 5.73 Å². The van der Waals surface area contributed by atoms with E-state index in [9.17, 15) is 0 Å². The molecule has 0 aliphatic carbocycles. The summed E-state index contributed by atoms with van der Waals surface area (Å²) in [4.78, 5) is 3.77. The molecule has 3 heteroatoms. The predicted molar refractivity (Wildman–Crippen MR) is 46.8 cm³/mol. The van der Waals surface area contributed by atoms with Crippen LogP contribution in [0.5, 0.6) is 0 Å². The summed E-state index contributed by atoms with van der Waals surface area (Å²) in [5.74, 6) is 0.311. The number of nitrogens with two attached hydrogens (primary N) is 1. The summed E-state index contributed by atoms with van der Waals surface area (Å²) < 4.78 is 0. The molecule has 0 fully saturated rings. The highest BCUT2D eigenvalue weighted by Crippen LogP contribution is 2.19. The number of hydrogen-bond acceptors (Lipinski definition) is 3. The maximum atomic E-state index is 6.69. The first-order valence-electron chi connectivity index (χ1n) is 3.97. The molecule has 3 N–H and O–H groups in total. The third-order valence-electron chi connectivity index (χ3n) is 2.02. The molecule has 0 saturated heterocycles. The van der Waals surface area contributed by atoms with Crippen molar-refractivity contribution < 1.29 is 0 Å². The molecular weight excluding hydrogens is 138 g/mol.